The minimum atomic E-state index is -1.05. The highest BCUT2D eigenvalue weighted by Gasteiger charge is 2.29. The van der Waals surface area contributed by atoms with Crippen LogP contribution < -0.4 is 21.7 Å². The third kappa shape index (κ3) is 12.4. The van der Waals surface area contributed by atoms with Crippen molar-refractivity contribution in [3.05, 3.63) is 102 Å². The van der Waals surface area contributed by atoms with Crippen molar-refractivity contribution >= 4 is 29.6 Å². The van der Waals surface area contributed by atoms with Crippen LogP contribution in [0.15, 0.2) is 91.0 Å². The van der Waals surface area contributed by atoms with Gasteiger partial charge in [-0.15, -0.1) is 0 Å². The number of carbonyl (C=O) groups excluding carboxylic acids is 5. The molecule has 0 heterocycles. The van der Waals surface area contributed by atoms with E-state index in [2.05, 4.69) is 16.0 Å². The van der Waals surface area contributed by atoms with E-state index < -0.39 is 47.7 Å². The predicted octanol–water partition coefficient (Wildman–Crippen LogP) is 3.80. The monoisotopic (exact) mass is 656 g/mol. The first kappa shape index (κ1) is 37.0. The van der Waals surface area contributed by atoms with Gasteiger partial charge in [0.1, 0.15) is 17.8 Å². The first-order valence-electron chi connectivity index (χ1n) is 15.9. The highest BCUT2D eigenvalue weighted by atomic mass is 16.5. The maximum atomic E-state index is 13.7. The van der Waals surface area contributed by atoms with Crippen LogP contribution in [0.4, 0.5) is 0 Å². The van der Waals surface area contributed by atoms with E-state index in [9.17, 15) is 29.1 Å². The summed E-state index contributed by atoms with van der Waals surface area (Å²) in [4.78, 5) is 64.1. The van der Waals surface area contributed by atoms with Crippen molar-refractivity contribution in [2.45, 2.75) is 64.6 Å². The van der Waals surface area contributed by atoms with Crippen molar-refractivity contribution in [1.82, 2.24) is 16.0 Å². The minimum absolute atomic E-state index is 0.0329. The molecule has 11 heteroatoms. The van der Waals surface area contributed by atoms with Gasteiger partial charge in [0.25, 0.3) is 5.91 Å². The number of primary amides is 1. The molecule has 3 aromatic carbocycles. The number of hydrogen-bond donors (Lipinski definition) is 5. The number of rotatable bonds is 17. The number of carbonyl (C=O) groups is 5. The molecule has 3 atom stereocenters. The number of phenols is 1. The van der Waals surface area contributed by atoms with Gasteiger partial charge in [0.05, 0.1) is 6.61 Å². The fraction of sp³-hybridized carbons (Fsp3) is 0.324. The summed E-state index contributed by atoms with van der Waals surface area (Å²) < 4.78 is 4.92. The van der Waals surface area contributed by atoms with Gasteiger partial charge in [0, 0.05) is 30.5 Å². The van der Waals surface area contributed by atoms with E-state index in [1.807, 2.05) is 44.2 Å². The van der Waals surface area contributed by atoms with Crippen molar-refractivity contribution in [3.63, 3.8) is 0 Å². The summed E-state index contributed by atoms with van der Waals surface area (Å²) in [6, 6.07) is 20.0. The molecule has 0 aliphatic heterocycles. The summed E-state index contributed by atoms with van der Waals surface area (Å²) in [6.07, 6.45) is 3.13. The second-order valence-electron chi connectivity index (χ2n) is 11.8. The van der Waals surface area contributed by atoms with Crippen LogP contribution in [0.3, 0.4) is 0 Å². The fourth-order valence-electron chi connectivity index (χ4n) is 4.93. The number of amides is 4. The first-order chi connectivity index (χ1) is 22.9. The van der Waals surface area contributed by atoms with Gasteiger partial charge in [-0.1, -0.05) is 74.5 Å². The maximum Gasteiger partial charge on any atom is 0.330 e. The summed E-state index contributed by atoms with van der Waals surface area (Å²) in [6.45, 7) is 5.68. The van der Waals surface area contributed by atoms with Crippen LogP contribution in [0.5, 0.6) is 5.75 Å². The summed E-state index contributed by atoms with van der Waals surface area (Å²) in [5.41, 5.74) is 8.18. The zero-order valence-electron chi connectivity index (χ0n) is 27.5. The molecule has 0 aliphatic rings. The molecule has 0 spiro atoms. The number of benzene rings is 3. The Labute approximate surface area is 280 Å². The standard InChI is InChI=1S/C37H44N4O7/c1-4-48-34(44)21-17-29(16-20-33(38)43)39-36(46)32(23-25-8-6-5-7-9-25)41-37(47)31(22-24(2)3)40-35(45)28-12-10-26(11-13-28)27-14-18-30(42)19-15-27/h5-15,17-19,21,24,29,31-32,42H,4,16,20,22-23H2,1-3H3,(H2,38,43)(H,39,46)(H,40,45)(H,41,47)/b21-17+/t29-,31-,32-/m0/s1. The van der Waals surface area contributed by atoms with Gasteiger partial charge in [-0.2, -0.15) is 0 Å². The SMILES string of the molecule is CCOC(=O)/C=C/[C@H](CCC(N)=O)NC(=O)[C@H](Cc1ccccc1)NC(=O)[C@H](CC(C)C)NC(=O)c1ccc(-c2ccc(O)cc2)cc1. The van der Waals surface area contributed by atoms with E-state index in [4.69, 9.17) is 10.5 Å². The second-order valence-corrected chi connectivity index (χ2v) is 11.8. The molecule has 0 radical (unpaired) electrons. The van der Waals surface area contributed by atoms with E-state index >= 15 is 0 Å². The van der Waals surface area contributed by atoms with Crippen LogP contribution in [0.25, 0.3) is 11.1 Å². The molecule has 0 aliphatic carbocycles. The van der Waals surface area contributed by atoms with E-state index in [1.165, 1.54) is 12.2 Å². The Morgan fingerprint density at radius 2 is 1.42 bits per heavy atom. The Bertz CT molecular complexity index is 1550. The molecule has 0 fully saturated rings. The van der Waals surface area contributed by atoms with Crippen LogP contribution in [-0.2, 0) is 30.3 Å². The van der Waals surface area contributed by atoms with Gasteiger partial charge in [-0.25, -0.2) is 4.79 Å². The molecule has 0 bridgehead atoms. The number of nitrogens with two attached hydrogens (primary N) is 1. The molecular formula is C37H44N4O7. The zero-order valence-corrected chi connectivity index (χ0v) is 27.5. The predicted molar refractivity (Wildman–Crippen MR) is 182 cm³/mol. The fourth-order valence-corrected chi connectivity index (χ4v) is 4.93. The summed E-state index contributed by atoms with van der Waals surface area (Å²) >= 11 is 0. The Kier molecular flexibility index (Phi) is 14.4. The van der Waals surface area contributed by atoms with Gasteiger partial charge in [0.2, 0.25) is 17.7 Å². The van der Waals surface area contributed by atoms with Gasteiger partial charge in [-0.3, -0.25) is 19.2 Å². The lowest BCUT2D eigenvalue weighted by molar-refractivity contribution is -0.137. The number of hydrogen-bond acceptors (Lipinski definition) is 7. The van der Waals surface area contributed by atoms with Crippen LogP contribution in [-0.4, -0.2) is 59.4 Å². The van der Waals surface area contributed by atoms with Crippen LogP contribution in [0.2, 0.25) is 0 Å². The molecular weight excluding hydrogens is 612 g/mol. The van der Waals surface area contributed by atoms with Crippen molar-refractivity contribution in [2.24, 2.45) is 11.7 Å². The molecule has 0 saturated heterocycles. The average molecular weight is 657 g/mol. The van der Waals surface area contributed by atoms with Gasteiger partial charge in [-0.05, 0) is 66.6 Å². The quantitative estimate of drug-likeness (QED) is 0.108. The van der Waals surface area contributed by atoms with E-state index in [0.717, 1.165) is 16.7 Å². The molecule has 48 heavy (non-hydrogen) atoms. The van der Waals surface area contributed by atoms with E-state index in [1.54, 1.807) is 55.5 Å². The Morgan fingerprint density at radius 3 is 2.00 bits per heavy atom. The van der Waals surface area contributed by atoms with Crippen molar-refractivity contribution in [1.29, 1.82) is 0 Å². The average Bonchev–Trinajstić information content (AvgIpc) is 3.06. The topological polar surface area (TPSA) is 177 Å². The molecule has 6 N–H and O–H groups in total. The Balaban J connectivity index is 1.80. The number of phenolic OH excluding ortho intramolecular Hbond substituents is 1. The Morgan fingerprint density at radius 1 is 0.812 bits per heavy atom. The highest BCUT2D eigenvalue weighted by molar-refractivity contribution is 5.98. The second kappa shape index (κ2) is 18.6. The third-order valence-corrected chi connectivity index (χ3v) is 7.37. The van der Waals surface area contributed by atoms with Crippen molar-refractivity contribution in [3.8, 4) is 16.9 Å². The molecule has 0 unspecified atom stereocenters. The molecule has 0 aromatic heterocycles. The summed E-state index contributed by atoms with van der Waals surface area (Å²) in [5, 5.41) is 18.0. The van der Waals surface area contributed by atoms with Crippen LogP contribution in [0, 0.1) is 5.92 Å². The smallest absolute Gasteiger partial charge is 0.330 e. The number of aromatic hydroxyl groups is 1. The van der Waals surface area contributed by atoms with Crippen LogP contribution >= 0.6 is 0 Å². The third-order valence-electron chi connectivity index (χ3n) is 7.37. The lowest BCUT2D eigenvalue weighted by atomic mass is 10.00. The number of esters is 1. The summed E-state index contributed by atoms with van der Waals surface area (Å²) in [7, 11) is 0. The first-order valence-corrected chi connectivity index (χ1v) is 15.9. The molecule has 0 saturated carbocycles. The van der Waals surface area contributed by atoms with E-state index in [-0.39, 0.29) is 37.5 Å². The molecule has 3 rings (SSSR count). The van der Waals surface area contributed by atoms with Gasteiger partial charge < -0.3 is 31.5 Å². The molecule has 11 nitrogen and oxygen atoms in total. The summed E-state index contributed by atoms with van der Waals surface area (Å²) in [5.74, 6) is -2.53. The van der Waals surface area contributed by atoms with Crippen molar-refractivity contribution in [2.75, 3.05) is 6.61 Å². The maximum absolute atomic E-state index is 13.7. The minimum Gasteiger partial charge on any atom is -0.508 e. The zero-order chi connectivity index (χ0) is 35.1. The Hall–Kier alpha value is -5.45. The molecule has 4 amide bonds. The number of ether oxygens (including phenoxy) is 1. The molecule has 254 valence electrons. The lowest BCUT2D eigenvalue weighted by Crippen LogP contribution is -2.55. The lowest BCUT2D eigenvalue weighted by Gasteiger charge is -2.25. The van der Waals surface area contributed by atoms with Gasteiger partial charge >= 0.3 is 5.97 Å². The van der Waals surface area contributed by atoms with Crippen molar-refractivity contribution < 1.29 is 33.8 Å². The number of nitrogens with one attached hydrogen (secondary N) is 3. The normalized spacial score (nSPS) is 12.9. The largest absolute Gasteiger partial charge is 0.508 e. The molecule has 3 aromatic rings. The highest BCUT2D eigenvalue weighted by Crippen LogP contribution is 2.22. The van der Waals surface area contributed by atoms with E-state index in [0.29, 0.717) is 12.0 Å². The van der Waals surface area contributed by atoms with Crippen LogP contribution in [0.1, 0.15) is 56.0 Å². The van der Waals surface area contributed by atoms with Gasteiger partial charge in [0.15, 0.2) is 0 Å².